The zero-order chi connectivity index (χ0) is 16.3. The van der Waals surface area contributed by atoms with Gasteiger partial charge in [-0.1, -0.05) is 20.8 Å². The molecule has 0 aromatic carbocycles. The summed E-state index contributed by atoms with van der Waals surface area (Å²) in [5.41, 5.74) is -0.246. The predicted octanol–water partition coefficient (Wildman–Crippen LogP) is 2.09. The molecule has 0 aromatic rings. The van der Waals surface area contributed by atoms with Gasteiger partial charge in [0.2, 0.25) is 0 Å². The van der Waals surface area contributed by atoms with E-state index in [9.17, 15) is 9.59 Å². The van der Waals surface area contributed by atoms with Crippen molar-refractivity contribution in [2.24, 2.45) is 5.41 Å². The largest absolute Gasteiger partial charge is 0.481 e. The van der Waals surface area contributed by atoms with Crippen LogP contribution in [0.5, 0.6) is 0 Å². The summed E-state index contributed by atoms with van der Waals surface area (Å²) in [5.74, 6) is -0.919. The molecule has 1 aliphatic heterocycles. The first kappa shape index (κ1) is 17.8. The molecule has 122 valence electrons. The van der Waals surface area contributed by atoms with Crippen LogP contribution in [0.15, 0.2) is 0 Å². The smallest absolute Gasteiger partial charge is 0.318 e. The fourth-order valence-corrected chi connectivity index (χ4v) is 3.02. The topological polar surface area (TPSA) is 78.9 Å². The molecule has 6 heteroatoms. The van der Waals surface area contributed by atoms with Gasteiger partial charge in [-0.15, -0.1) is 0 Å². The third-order valence-corrected chi connectivity index (χ3v) is 3.32. The summed E-state index contributed by atoms with van der Waals surface area (Å²) >= 11 is 0. The van der Waals surface area contributed by atoms with E-state index < -0.39 is 12.0 Å². The Labute approximate surface area is 126 Å². The van der Waals surface area contributed by atoms with E-state index in [1.807, 2.05) is 13.8 Å². The first-order valence-electron chi connectivity index (χ1n) is 7.38. The lowest BCUT2D eigenvalue weighted by molar-refractivity contribution is -0.139. The highest BCUT2D eigenvalue weighted by molar-refractivity contribution is 5.76. The van der Waals surface area contributed by atoms with Gasteiger partial charge in [0.15, 0.2) is 0 Å². The molecule has 1 atom stereocenters. The Morgan fingerprint density at radius 3 is 2.43 bits per heavy atom. The number of nitrogens with one attached hydrogen (secondary N) is 1. The lowest BCUT2D eigenvalue weighted by Crippen LogP contribution is -2.57. The van der Waals surface area contributed by atoms with Gasteiger partial charge in [-0.25, -0.2) is 4.79 Å². The molecule has 1 aliphatic rings. The molecular weight excluding hydrogens is 272 g/mol. The highest BCUT2D eigenvalue weighted by Gasteiger charge is 2.33. The van der Waals surface area contributed by atoms with Gasteiger partial charge in [0.25, 0.3) is 0 Å². The van der Waals surface area contributed by atoms with Crippen LogP contribution in [0.3, 0.4) is 0 Å². The van der Waals surface area contributed by atoms with E-state index in [4.69, 9.17) is 9.84 Å². The van der Waals surface area contributed by atoms with Crippen molar-refractivity contribution in [1.82, 2.24) is 10.2 Å². The zero-order valence-electron chi connectivity index (χ0n) is 13.7. The quantitative estimate of drug-likeness (QED) is 0.833. The van der Waals surface area contributed by atoms with Crippen molar-refractivity contribution in [2.75, 3.05) is 19.8 Å². The molecule has 21 heavy (non-hydrogen) atoms. The molecule has 0 aromatic heterocycles. The van der Waals surface area contributed by atoms with E-state index in [0.717, 1.165) is 6.42 Å². The van der Waals surface area contributed by atoms with Crippen LogP contribution in [0.25, 0.3) is 0 Å². The molecular formula is C15H28N2O4. The van der Waals surface area contributed by atoms with E-state index in [2.05, 4.69) is 26.1 Å². The highest BCUT2D eigenvalue weighted by atomic mass is 16.5. The Morgan fingerprint density at radius 2 is 1.90 bits per heavy atom. The summed E-state index contributed by atoms with van der Waals surface area (Å²) in [6, 6.07) is -0.611. The van der Waals surface area contributed by atoms with E-state index in [-0.39, 0.29) is 30.0 Å². The molecule has 1 heterocycles. The van der Waals surface area contributed by atoms with Gasteiger partial charge >= 0.3 is 12.0 Å². The van der Waals surface area contributed by atoms with Crippen LogP contribution in [-0.2, 0) is 9.53 Å². The molecule has 6 nitrogen and oxygen atoms in total. The van der Waals surface area contributed by atoms with Crippen molar-refractivity contribution >= 4 is 12.0 Å². The number of morpholine rings is 1. The number of carboxylic acids is 1. The molecule has 1 saturated heterocycles. The van der Waals surface area contributed by atoms with Crippen LogP contribution in [0.4, 0.5) is 4.79 Å². The highest BCUT2D eigenvalue weighted by Crippen LogP contribution is 2.27. The lowest BCUT2D eigenvalue weighted by atomic mass is 9.82. The van der Waals surface area contributed by atoms with Gasteiger partial charge in [-0.05, 0) is 25.7 Å². The van der Waals surface area contributed by atoms with Gasteiger partial charge in [0, 0.05) is 12.1 Å². The second kappa shape index (κ2) is 6.64. The molecule has 0 radical (unpaired) electrons. The normalized spacial score (nSPS) is 20.2. The van der Waals surface area contributed by atoms with Crippen molar-refractivity contribution < 1.29 is 19.4 Å². The summed E-state index contributed by atoms with van der Waals surface area (Å²) in [7, 11) is 0. The summed E-state index contributed by atoms with van der Waals surface area (Å²) in [6.45, 7) is 11.5. The van der Waals surface area contributed by atoms with E-state index in [0.29, 0.717) is 13.2 Å². The molecule has 0 aliphatic carbocycles. The van der Waals surface area contributed by atoms with Crippen molar-refractivity contribution in [2.45, 2.75) is 59.0 Å². The number of urea groups is 1. The lowest BCUT2D eigenvalue weighted by Gasteiger charge is -2.39. The minimum Gasteiger partial charge on any atom is -0.481 e. The minimum atomic E-state index is -0.919. The average Bonchev–Trinajstić information content (AvgIpc) is 2.24. The van der Waals surface area contributed by atoms with Crippen LogP contribution in [0.1, 0.15) is 47.5 Å². The van der Waals surface area contributed by atoms with Gasteiger partial charge in [0.1, 0.15) is 0 Å². The Morgan fingerprint density at radius 1 is 1.29 bits per heavy atom. The Balaban J connectivity index is 2.69. The van der Waals surface area contributed by atoms with Crippen molar-refractivity contribution in [3.63, 3.8) is 0 Å². The first-order valence-corrected chi connectivity index (χ1v) is 7.38. The maximum absolute atomic E-state index is 12.5. The third-order valence-electron chi connectivity index (χ3n) is 3.32. The number of carbonyl (C=O) groups is 2. The van der Waals surface area contributed by atoms with Gasteiger partial charge in [-0.3, -0.25) is 4.79 Å². The standard InChI is InChI=1S/C15H28N2O4/c1-14(2,3)10-15(4,5)16-13(20)17-6-7-21-9-11(17)8-12(18)19/h11H,6-10H2,1-5H3,(H,16,20)(H,18,19). The molecule has 1 fully saturated rings. The number of carboxylic acid groups (broad SMARTS) is 1. The number of hydrogen-bond acceptors (Lipinski definition) is 3. The van der Waals surface area contributed by atoms with E-state index in [1.54, 1.807) is 4.90 Å². The summed E-state index contributed by atoms with van der Waals surface area (Å²) < 4.78 is 5.29. The number of nitrogens with zero attached hydrogens (tertiary/aromatic N) is 1. The fraction of sp³-hybridized carbons (Fsp3) is 0.867. The van der Waals surface area contributed by atoms with Crippen LogP contribution >= 0.6 is 0 Å². The minimum absolute atomic E-state index is 0.0902. The van der Waals surface area contributed by atoms with E-state index in [1.165, 1.54) is 0 Å². The van der Waals surface area contributed by atoms with Gasteiger partial charge in [-0.2, -0.15) is 0 Å². The van der Waals surface area contributed by atoms with Gasteiger partial charge in [0.05, 0.1) is 25.7 Å². The molecule has 2 amide bonds. The third kappa shape index (κ3) is 6.33. The van der Waals surface area contributed by atoms with Gasteiger partial charge < -0.3 is 20.1 Å². The number of ether oxygens (including phenoxy) is 1. The fourth-order valence-electron chi connectivity index (χ4n) is 3.02. The molecule has 1 rings (SSSR count). The van der Waals surface area contributed by atoms with Crippen molar-refractivity contribution in [3.05, 3.63) is 0 Å². The molecule has 2 N–H and O–H groups in total. The average molecular weight is 300 g/mol. The van der Waals surface area contributed by atoms with Crippen molar-refractivity contribution in [1.29, 1.82) is 0 Å². The second-order valence-corrected chi connectivity index (χ2v) is 7.57. The van der Waals surface area contributed by atoms with Crippen LogP contribution in [-0.4, -0.2) is 53.3 Å². The molecule has 0 bridgehead atoms. The monoisotopic (exact) mass is 300 g/mol. The Kier molecular flexibility index (Phi) is 5.61. The summed E-state index contributed by atoms with van der Waals surface area (Å²) in [4.78, 5) is 24.9. The number of rotatable bonds is 4. The van der Waals surface area contributed by atoms with E-state index >= 15 is 0 Å². The Hall–Kier alpha value is -1.30. The molecule has 0 spiro atoms. The Bertz CT molecular complexity index is 388. The maximum atomic E-state index is 12.5. The van der Waals surface area contributed by atoms with Crippen LogP contribution in [0.2, 0.25) is 0 Å². The SMILES string of the molecule is CC(C)(C)CC(C)(C)NC(=O)N1CCOCC1CC(=O)O. The van der Waals surface area contributed by atoms with Crippen LogP contribution in [0, 0.1) is 5.41 Å². The van der Waals surface area contributed by atoms with Crippen molar-refractivity contribution in [3.8, 4) is 0 Å². The molecule has 0 saturated carbocycles. The number of carbonyl (C=O) groups excluding carboxylic acids is 1. The van der Waals surface area contributed by atoms with Crippen LogP contribution < -0.4 is 5.32 Å². The second-order valence-electron chi connectivity index (χ2n) is 7.57. The summed E-state index contributed by atoms with van der Waals surface area (Å²) in [5, 5.41) is 12.0. The number of hydrogen-bond donors (Lipinski definition) is 2. The predicted molar refractivity (Wildman–Crippen MR) is 80.2 cm³/mol. The molecule has 1 unspecified atom stereocenters. The first-order chi connectivity index (χ1) is 9.50. The summed E-state index contributed by atoms with van der Waals surface area (Å²) in [6.07, 6.45) is 0.743. The number of aliphatic carboxylic acids is 1. The number of amides is 2. The zero-order valence-corrected chi connectivity index (χ0v) is 13.7. The maximum Gasteiger partial charge on any atom is 0.318 e.